The third-order valence-corrected chi connectivity index (χ3v) is 3.98. The maximum Gasteiger partial charge on any atom is 0.168 e. The number of nitrogens with zero attached hydrogens (tertiary/aromatic N) is 1. The maximum atomic E-state index is 12.7. The van der Waals surface area contributed by atoms with Gasteiger partial charge in [0.05, 0.1) is 0 Å². The number of rotatable bonds is 2. The molecule has 3 rings (SSSR count). The Hall–Kier alpha value is -1.67. The zero-order valence-corrected chi connectivity index (χ0v) is 11.5. The lowest BCUT2D eigenvalue weighted by molar-refractivity contribution is 0.0879. The van der Waals surface area contributed by atoms with Crippen LogP contribution >= 0.6 is 0 Å². The molecule has 0 bridgehead atoms. The van der Waals surface area contributed by atoms with Crippen LogP contribution in [0.4, 0.5) is 0 Å². The van der Waals surface area contributed by atoms with Gasteiger partial charge in [0.2, 0.25) is 0 Å². The molecule has 0 amide bonds. The van der Waals surface area contributed by atoms with E-state index in [-0.39, 0.29) is 5.92 Å². The van der Waals surface area contributed by atoms with Gasteiger partial charge >= 0.3 is 0 Å². The molecular formula is C17H19NO. The quantitative estimate of drug-likeness (QED) is 0.819. The Morgan fingerprint density at radius 3 is 2.74 bits per heavy atom. The Labute approximate surface area is 114 Å². The minimum Gasteiger partial charge on any atom is -0.309 e. The molecule has 0 aromatic heterocycles. The van der Waals surface area contributed by atoms with Crippen molar-refractivity contribution in [3.63, 3.8) is 0 Å². The van der Waals surface area contributed by atoms with Gasteiger partial charge < -0.3 is 4.90 Å². The van der Waals surface area contributed by atoms with Crippen molar-refractivity contribution in [2.45, 2.75) is 12.8 Å². The molecule has 2 aromatic rings. The summed E-state index contributed by atoms with van der Waals surface area (Å²) in [4.78, 5) is 14.8. The monoisotopic (exact) mass is 253 g/mol. The number of fused-ring (bicyclic) bond motifs is 3. The Kier molecular flexibility index (Phi) is 3.11. The molecule has 1 aliphatic carbocycles. The fourth-order valence-electron chi connectivity index (χ4n) is 3.10. The molecule has 0 N–H and O–H groups in total. The number of benzene rings is 2. The van der Waals surface area contributed by atoms with Crippen LogP contribution in [0.3, 0.4) is 0 Å². The van der Waals surface area contributed by atoms with E-state index in [1.54, 1.807) is 0 Å². The molecule has 2 heteroatoms. The van der Waals surface area contributed by atoms with Crippen LogP contribution in [0.15, 0.2) is 36.4 Å². The molecule has 0 heterocycles. The summed E-state index contributed by atoms with van der Waals surface area (Å²) in [6.45, 7) is 0.849. The third kappa shape index (κ3) is 2.17. The summed E-state index contributed by atoms with van der Waals surface area (Å²) >= 11 is 0. The van der Waals surface area contributed by atoms with E-state index in [2.05, 4.69) is 29.2 Å². The van der Waals surface area contributed by atoms with E-state index in [1.165, 1.54) is 10.9 Å². The van der Waals surface area contributed by atoms with Gasteiger partial charge in [-0.1, -0.05) is 36.4 Å². The molecule has 98 valence electrons. The van der Waals surface area contributed by atoms with Gasteiger partial charge in [0.15, 0.2) is 5.78 Å². The van der Waals surface area contributed by atoms with Crippen LogP contribution in [0.5, 0.6) is 0 Å². The van der Waals surface area contributed by atoms with Crippen molar-refractivity contribution in [3.8, 4) is 0 Å². The molecule has 0 aliphatic heterocycles. The highest BCUT2D eigenvalue weighted by atomic mass is 16.1. The van der Waals surface area contributed by atoms with Crippen molar-refractivity contribution in [2.24, 2.45) is 5.92 Å². The minimum absolute atomic E-state index is 0.147. The minimum atomic E-state index is 0.147. The number of hydrogen-bond acceptors (Lipinski definition) is 2. The molecule has 0 saturated heterocycles. The van der Waals surface area contributed by atoms with Gasteiger partial charge in [0.25, 0.3) is 0 Å². The van der Waals surface area contributed by atoms with E-state index in [9.17, 15) is 4.79 Å². The molecule has 1 aliphatic rings. The van der Waals surface area contributed by atoms with Crippen molar-refractivity contribution in [2.75, 3.05) is 20.6 Å². The first kappa shape index (κ1) is 12.4. The van der Waals surface area contributed by atoms with Gasteiger partial charge in [0.1, 0.15) is 0 Å². The van der Waals surface area contributed by atoms with E-state index in [1.807, 2.05) is 26.2 Å². The molecule has 0 saturated carbocycles. The van der Waals surface area contributed by atoms with Gasteiger partial charge in [-0.15, -0.1) is 0 Å². The molecule has 2 nitrogen and oxygen atoms in total. The number of carbonyl (C=O) groups is 1. The Bertz CT molecular complexity index is 630. The van der Waals surface area contributed by atoms with Gasteiger partial charge in [-0.2, -0.15) is 0 Å². The lowest BCUT2D eigenvalue weighted by Crippen LogP contribution is -2.31. The molecule has 0 fully saturated rings. The fourth-order valence-corrected chi connectivity index (χ4v) is 3.10. The van der Waals surface area contributed by atoms with Crippen LogP contribution in [0.1, 0.15) is 22.3 Å². The highest BCUT2D eigenvalue weighted by molar-refractivity contribution is 6.11. The first-order chi connectivity index (χ1) is 9.16. The second kappa shape index (κ2) is 4.78. The van der Waals surface area contributed by atoms with E-state index >= 15 is 0 Å². The van der Waals surface area contributed by atoms with Crippen LogP contribution in [0.25, 0.3) is 10.8 Å². The Morgan fingerprint density at radius 1 is 1.16 bits per heavy atom. The predicted molar refractivity (Wildman–Crippen MR) is 78.6 cm³/mol. The summed E-state index contributed by atoms with van der Waals surface area (Å²) in [6.07, 6.45) is 1.99. The first-order valence-corrected chi connectivity index (χ1v) is 6.86. The molecule has 19 heavy (non-hydrogen) atoms. The molecule has 0 spiro atoms. The number of ketones is 1. The summed E-state index contributed by atoms with van der Waals surface area (Å²) < 4.78 is 0. The summed E-state index contributed by atoms with van der Waals surface area (Å²) in [5.41, 5.74) is 2.19. The topological polar surface area (TPSA) is 20.3 Å². The number of carbonyl (C=O) groups excluding carboxylic acids is 1. The van der Waals surface area contributed by atoms with E-state index in [0.29, 0.717) is 5.78 Å². The smallest absolute Gasteiger partial charge is 0.168 e. The SMILES string of the molecule is CN(C)C[C@@H]1CCc2ccc3ccccc3c2C1=O. The number of aryl methyl sites for hydroxylation is 1. The highest BCUT2D eigenvalue weighted by Gasteiger charge is 2.28. The van der Waals surface area contributed by atoms with Crippen molar-refractivity contribution in [1.29, 1.82) is 0 Å². The molecule has 1 atom stereocenters. The summed E-state index contributed by atoms with van der Waals surface area (Å²) in [5.74, 6) is 0.472. The van der Waals surface area contributed by atoms with Gasteiger partial charge in [0, 0.05) is 18.0 Å². The van der Waals surface area contributed by atoms with Gasteiger partial charge in [-0.25, -0.2) is 0 Å². The summed E-state index contributed by atoms with van der Waals surface area (Å²) in [6, 6.07) is 12.5. The fraction of sp³-hybridized carbons (Fsp3) is 0.353. The Balaban J connectivity index is 2.11. The largest absolute Gasteiger partial charge is 0.309 e. The van der Waals surface area contributed by atoms with Crippen molar-refractivity contribution < 1.29 is 4.79 Å². The van der Waals surface area contributed by atoms with Crippen molar-refractivity contribution in [1.82, 2.24) is 4.90 Å². The molecular weight excluding hydrogens is 234 g/mol. The lowest BCUT2D eigenvalue weighted by atomic mass is 9.80. The van der Waals surface area contributed by atoms with E-state index < -0.39 is 0 Å². The highest BCUT2D eigenvalue weighted by Crippen LogP contribution is 2.31. The average molecular weight is 253 g/mol. The van der Waals surface area contributed by atoms with E-state index in [4.69, 9.17) is 0 Å². The molecule has 2 aromatic carbocycles. The van der Waals surface area contributed by atoms with Gasteiger partial charge in [-0.05, 0) is 43.3 Å². The summed E-state index contributed by atoms with van der Waals surface area (Å²) in [7, 11) is 4.07. The van der Waals surface area contributed by atoms with Crippen molar-refractivity contribution >= 4 is 16.6 Å². The van der Waals surface area contributed by atoms with Crippen LogP contribution in [0, 0.1) is 5.92 Å². The zero-order valence-electron chi connectivity index (χ0n) is 11.5. The van der Waals surface area contributed by atoms with E-state index in [0.717, 1.165) is 30.3 Å². The van der Waals surface area contributed by atoms with Gasteiger partial charge in [-0.3, -0.25) is 4.79 Å². The second-order valence-corrected chi connectivity index (χ2v) is 5.68. The van der Waals surface area contributed by atoms with Crippen LogP contribution < -0.4 is 0 Å². The summed E-state index contributed by atoms with van der Waals surface area (Å²) in [5, 5.41) is 2.29. The normalized spacial score (nSPS) is 18.9. The molecule has 0 radical (unpaired) electrons. The lowest BCUT2D eigenvalue weighted by Gasteiger charge is -2.26. The number of hydrogen-bond donors (Lipinski definition) is 0. The van der Waals surface area contributed by atoms with Crippen LogP contribution in [-0.4, -0.2) is 31.3 Å². The first-order valence-electron chi connectivity index (χ1n) is 6.86. The Morgan fingerprint density at radius 2 is 1.95 bits per heavy atom. The van der Waals surface area contributed by atoms with Crippen molar-refractivity contribution in [3.05, 3.63) is 47.5 Å². The standard InChI is InChI=1S/C17H19NO/c1-18(2)11-14-10-9-13-8-7-12-5-3-4-6-15(12)16(13)17(14)19/h3-8,14H,9-11H2,1-2H3/t14-/m0/s1. The number of Topliss-reactive ketones (excluding diaryl/α,β-unsaturated/α-hetero) is 1. The van der Waals surface area contributed by atoms with Crippen LogP contribution in [-0.2, 0) is 6.42 Å². The maximum absolute atomic E-state index is 12.7. The average Bonchev–Trinajstić information content (AvgIpc) is 2.41. The second-order valence-electron chi connectivity index (χ2n) is 5.68. The predicted octanol–water partition coefficient (Wildman–Crippen LogP) is 3.15. The third-order valence-electron chi connectivity index (χ3n) is 3.98. The van der Waals surface area contributed by atoms with Crippen LogP contribution in [0.2, 0.25) is 0 Å². The zero-order chi connectivity index (χ0) is 13.4. The molecule has 0 unspecified atom stereocenters.